The molecule has 0 aliphatic carbocycles. The van der Waals surface area contributed by atoms with Gasteiger partial charge in [0.15, 0.2) is 0 Å². The second kappa shape index (κ2) is 8.15. The van der Waals surface area contributed by atoms with Crippen LogP contribution in [0.3, 0.4) is 0 Å². The van der Waals surface area contributed by atoms with E-state index >= 15 is 0 Å². The molecule has 0 aromatic heterocycles. The van der Waals surface area contributed by atoms with Gasteiger partial charge in [0.1, 0.15) is 9.84 Å². The maximum atomic E-state index is 11.9. The van der Waals surface area contributed by atoms with Crippen LogP contribution in [0.2, 0.25) is 0 Å². The highest BCUT2D eigenvalue weighted by molar-refractivity contribution is 7.91. The molecule has 0 radical (unpaired) electrons. The number of benzene rings is 2. The lowest BCUT2D eigenvalue weighted by Crippen LogP contribution is -2.31. The van der Waals surface area contributed by atoms with Gasteiger partial charge in [0.05, 0.1) is 5.25 Å². The molecular formula is C21H27NO2S. The molecule has 0 spiro atoms. The van der Waals surface area contributed by atoms with Gasteiger partial charge in [-0.15, -0.1) is 0 Å². The molecule has 1 aliphatic heterocycles. The van der Waals surface area contributed by atoms with Gasteiger partial charge in [-0.1, -0.05) is 60.7 Å². The fourth-order valence-electron chi connectivity index (χ4n) is 3.77. The van der Waals surface area contributed by atoms with Crippen LogP contribution in [0, 0.1) is 0 Å². The quantitative estimate of drug-likeness (QED) is 0.818. The van der Waals surface area contributed by atoms with Gasteiger partial charge in [-0.25, -0.2) is 8.42 Å². The van der Waals surface area contributed by atoms with Crippen LogP contribution in [-0.4, -0.2) is 44.5 Å². The standard InChI is InChI=1S/C21H27NO2S/c1-25(23,24)20-13-8-15-22(16-14-20)17-21(18-9-4-2-5-10-18)19-11-6-3-7-12-19/h2-7,9-12,20-21H,8,13-17H2,1H3. The number of hydrogen-bond acceptors (Lipinski definition) is 3. The normalized spacial score (nSPS) is 19.7. The zero-order valence-corrected chi connectivity index (χ0v) is 15.7. The topological polar surface area (TPSA) is 37.4 Å². The Kier molecular flexibility index (Phi) is 5.92. The minimum absolute atomic E-state index is 0.176. The largest absolute Gasteiger partial charge is 0.302 e. The van der Waals surface area contributed by atoms with Gasteiger partial charge >= 0.3 is 0 Å². The van der Waals surface area contributed by atoms with E-state index < -0.39 is 9.84 Å². The van der Waals surface area contributed by atoms with Crippen LogP contribution in [-0.2, 0) is 9.84 Å². The Hall–Kier alpha value is -1.65. The molecule has 0 saturated carbocycles. The van der Waals surface area contributed by atoms with Gasteiger partial charge in [0, 0.05) is 18.7 Å². The summed E-state index contributed by atoms with van der Waals surface area (Å²) in [5.74, 6) is 0.317. The predicted octanol–water partition coefficient (Wildman–Crippen LogP) is 3.72. The van der Waals surface area contributed by atoms with Gasteiger partial charge in [-0.3, -0.25) is 0 Å². The van der Waals surface area contributed by atoms with E-state index in [1.165, 1.54) is 17.4 Å². The van der Waals surface area contributed by atoms with Crippen molar-refractivity contribution in [1.82, 2.24) is 4.90 Å². The van der Waals surface area contributed by atoms with E-state index in [0.717, 1.165) is 38.9 Å². The summed E-state index contributed by atoms with van der Waals surface area (Å²) in [5, 5.41) is -0.176. The lowest BCUT2D eigenvalue weighted by molar-refractivity contribution is 0.276. The van der Waals surface area contributed by atoms with Gasteiger partial charge in [-0.2, -0.15) is 0 Å². The highest BCUT2D eigenvalue weighted by atomic mass is 32.2. The molecule has 1 fully saturated rings. The lowest BCUT2D eigenvalue weighted by Gasteiger charge is -2.27. The van der Waals surface area contributed by atoms with E-state index in [2.05, 4.69) is 53.4 Å². The predicted molar refractivity (Wildman–Crippen MR) is 104 cm³/mol. The van der Waals surface area contributed by atoms with Gasteiger partial charge < -0.3 is 4.90 Å². The molecule has 1 heterocycles. The molecule has 1 unspecified atom stereocenters. The van der Waals surface area contributed by atoms with Crippen molar-refractivity contribution in [2.24, 2.45) is 0 Å². The molecular weight excluding hydrogens is 330 g/mol. The minimum Gasteiger partial charge on any atom is -0.302 e. The molecule has 4 heteroatoms. The highest BCUT2D eigenvalue weighted by Gasteiger charge is 2.26. The van der Waals surface area contributed by atoms with Crippen LogP contribution in [0.4, 0.5) is 0 Å². The van der Waals surface area contributed by atoms with E-state index in [0.29, 0.717) is 5.92 Å². The van der Waals surface area contributed by atoms with E-state index in [-0.39, 0.29) is 5.25 Å². The minimum atomic E-state index is -2.93. The van der Waals surface area contributed by atoms with Gasteiger partial charge in [-0.05, 0) is 43.5 Å². The number of likely N-dealkylation sites (tertiary alicyclic amines) is 1. The van der Waals surface area contributed by atoms with Crippen molar-refractivity contribution < 1.29 is 8.42 Å². The number of hydrogen-bond donors (Lipinski definition) is 0. The first-order chi connectivity index (χ1) is 12.0. The van der Waals surface area contributed by atoms with Crippen LogP contribution >= 0.6 is 0 Å². The summed E-state index contributed by atoms with van der Waals surface area (Å²) >= 11 is 0. The summed E-state index contributed by atoms with van der Waals surface area (Å²) in [4.78, 5) is 2.44. The van der Waals surface area contributed by atoms with E-state index in [1.807, 2.05) is 12.1 Å². The molecule has 0 N–H and O–H groups in total. The summed E-state index contributed by atoms with van der Waals surface area (Å²) in [6.07, 6.45) is 3.86. The van der Waals surface area contributed by atoms with E-state index in [1.54, 1.807) is 0 Å². The summed E-state index contributed by atoms with van der Waals surface area (Å²) < 4.78 is 23.8. The summed E-state index contributed by atoms with van der Waals surface area (Å²) in [5.41, 5.74) is 2.63. The Labute approximate surface area is 151 Å². The second-order valence-electron chi connectivity index (χ2n) is 7.06. The first-order valence-corrected chi connectivity index (χ1v) is 11.0. The third-order valence-electron chi connectivity index (χ3n) is 5.22. The molecule has 1 atom stereocenters. The molecule has 0 bridgehead atoms. The van der Waals surface area contributed by atoms with Crippen molar-refractivity contribution >= 4 is 9.84 Å². The Morgan fingerprint density at radius 1 is 0.920 bits per heavy atom. The monoisotopic (exact) mass is 357 g/mol. The molecule has 25 heavy (non-hydrogen) atoms. The van der Waals surface area contributed by atoms with Gasteiger partial charge in [0.25, 0.3) is 0 Å². The van der Waals surface area contributed by atoms with Gasteiger partial charge in [0.2, 0.25) is 0 Å². The number of sulfone groups is 1. The fourth-order valence-corrected chi connectivity index (χ4v) is 4.90. The summed E-state index contributed by atoms with van der Waals surface area (Å²) in [7, 11) is -2.93. The van der Waals surface area contributed by atoms with Crippen molar-refractivity contribution in [3.63, 3.8) is 0 Å². The maximum absolute atomic E-state index is 11.9. The van der Waals surface area contributed by atoms with Crippen LogP contribution in [0.5, 0.6) is 0 Å². The van der Waals surface area contributed by atoms with Crippen LogP contribution in [0.15, 0.2) is 60.7 Å². The van der Waals surface area contributed by atoms with Crippen molar-refractivity contribution in [2.75, 3.05) is 25.9 Å². The first kappa shape index (κ1) is 18.2. The molecule has 0 amide bonds. The Morgan fingerprint density at radius 3 is 2.00 bits per heavy atom. The SMILES string of the molecule is CS(=O)(=O)C1CCCN(CC(c2ccccc2)c2ccccc2)CC1. The average molecular weight is 358 g/mol. The summed E-state index contributed by atoms with van der Waals surface area (Å²) in [6.45, 7) is 2.76. The van der Waals surface area contributed by atoms with E-state index in [4.69, 9.17) is 0 Å². The Bertz CT molecular complexity index is 719. The van der Waals surface area contributed by atoms with Crippen molar-refractivity contribution in [3.8, 4) is 0 Å². The highest BCUT2D eigenvalue weighted by Crippen LogP contribution is 2.27. The Morgan fingerprint density at radius 2 is 1.48 bits per heavy atom. The molecule has 2 aromatic rings. The van der Waals surface area contributed by atoms with E-state index in [9.17, 15) is 8.42 Å². The third-order valence-corrected chi connectivity index (χ3v) is 6.90. The molecule has 3 rings (SSSR count). The Balaban J connectivity index is 1.77. The smallest absolute Gasteiger partial charge is 0.150 e. The maximum Gasteiger partial charge on any atom is 0.150 e. The van der Waals surface area contributed by atoms with Crippen molar-refractivity contribution in [3.05, 3.63) is 71.8 Å². The summed E-state index contributed by atoms with van der Waals surface area (Å²) in [6, 6.07) is 21.2. The lowest BCUT2D eigenvalue weighted by atomic mass is 9.90. The fraction of sp³-hybridized carbons (Fsp3) is 0.429. The molecule has 1 aliphatic rings. The number of rotatable bonds is 5. The zero-order valence-electron chi connectivity index (χ0n) is 14.8. The van der Waals surface area contributed by atoms with Crippen molar-refractivity contribution in [1.29, 1.82) is 0 Å². The van der Waals surface area contributed by atoms with Crippen LogP contribution in [0.1, 0.15) is 36.3 Å². The second-order valence-corrected chi connectivity index (χ2v) is 9.38. The average Bonchev–Trinajstić information content (AvgIpc) is 2.87. The molecule has 2 aromatic carbocycles. The van der Waals surface area contributed by atoms with Crippen LogP contribution in [0.25, 0.3) is 0 Å². The van der Waals surface area contributed by atoms with Crippen LogP contribution < -0.4 is 0 Å². The molecule has 1 saturated heterocycles. The van der Waals surface area contributed by atoms with Crippen molar-refractivity contribution in [2.45, 2.75) is 30.4 Å². The molecule has 3 nitrogen and oxygen atoms in total. The number of nitrogens with zero attached hydrogens (tertiary/aromatic N) is 1. The first-order valence-electron chi connectivity index (χ1n) is 9.05. The zero-order chi connectivity index (χ0) is 17.7. The molecule has 134 valence electrons. The third kappa shape index (κ3) is 4.93.